The molecule has 2 amide bonds. The zero-order valence-corrected chi connectivity index (χ0v) is 23.2. The Morgan fingerprint density at radius 3 is 2.42 bits per heavy atom. The Morgan fingerprint density at radius 1 is 0.974 bits per heavy atom. The molecule has 1 fully saturated rings. The van der Waals surface area contributed by atoms with Crippen LogP contribution >= 0.6 is 11.8 Å². The molecule has 0 unspecified atom stereocenters. The van der Waals surface area contributed by atoms with Crippen molar-refractivity contribution < 1.29 is 14.3 Å². The van der Waals surface area contributed by atoms with Crippen molar-refractivity contribution >= 4 is 23.6 Å². The fraction of sp³-hybridized carbons (Fsp3) is 0.375. The van der Waals surface area contributed by atoms with Gasteiger partial charge >= 0.3 is 0 Å². The normalized spacial score (nSPS) is 14.2. The molecular formula is C32H38N2O3S. The van der Waals surface area contributed by atoms with Crippen LogP contribution in [0.4, 0.5) is 0 Å². The molecule has 5 nitrogen and oxygen atoms in total. The molecule has 0 aromatic heterocycles. The number of hydrogen-bond donors (Lipinski definition) is 1. The summed E-state index contributed by atoms with van der Waals surface area (Å²) in [5, 5.41) is 3.27. The second-order valence-electron chi connectivity index (χ2n) is 9.99. The molecule has 0 bridgehead atoms. The van der Waals surface area contributed by atoms with Gasteiger partial charge in [0.1, 0.15) is 11.8 Å². The maximum Gasteiger partial charge on any atom is 0.243 e. The van der Waals surface area contributed by atoms with Crippen LogP contribution in [0.5, 0.6) is 5.75 Å². The van der Waals surface area contributed by atoms with Crippen LogP contribution in [0.25, 0.3) is 0 Å². The van der Waals surface area contributed by atoms with Crippen molar-refractivity contribution in [2.75, 3.05) is 12.9 Å². The van der Waals surface area contributed by atoms with E-state index < -0.39 is 6.04 Å². The number of carbonyl (C=O) groups excluding carboxylic acids is 2. The molecule has 1 atom stereocenters. The first-order valence-electron chi connectivity index (χ1n) is 13.4. The van der Waals surface area contributed by atoms with Gasteiger partial charge in [-0.05, 0) is 54.2 Å². The number of amides is 2. The number of hydrogen-bond acceptors (Lipinski definition) is 4. The van der Waals surface area contributed by atoms with Gasteiger partial charge < -0.3 is 15.0 Å². The monoisotopic (exact) mass is 530 g/mol. The molecule has 38 heavy (non-hydrogen) atoms. The van der Waals surface area contributed by atoms with Crippen molar-refractivity contribution in [2.24, 2.45) is 0 Å². The first kappa shape index (κ1) is 27.8. The largest absolute Gasteiger partial charge is 0.497 e. The molecule has 0 radical (unpaired) electrons. The molecule has 1 N–H and O–H groups in total. The summed E-state index contributed by atoms with van der Waals surface area (Å²) in [6.07, 6.45) is 4.74. The molecule has 6 heteroatoms. The summed E-state index contributed by atoms with van der Waals surface area (Å²) in [6, 6.07) is 25.6. The van der Waals surface area contributed by atoms with Crippen molar-refractivity contribution in [1.82, 2.24) is 10.2 Å². The van der Waals surface area contributed by atoms with Gasteiger partial charge in [-0.3, -0.25) is 9.59 Å². The molecule has 0 heterocycles. The van der Waals surface area contributed by atoms with E-state index in [9.17, 15) is 9.59 Å². The predicted octanol–water partition coefficient (Wildman–Crippen LogP) is 5.94. The minimum absolute atomic E-state index is 0.0334. The van der Waals surface area contributed by atoms with E-state index in [-0.39, 0.29) is 17.9 Å². The molecule has 0 saturated heterocycles. The molecule has 3 aromatic carbocycles. The Balaban J connectivity index is 1.58. The summed E-state index contributed by atoms with van der Waals surface area (Å²) in [5.41, 5.74) is 4.42. The van der Waals surface area contributed by atoms with Gasteiger partial charge in [-0.2, -0.15) is 0 Å². The van der Waals surface area contributed by atoms with Gasteiger partial charge in [0, 0.05) is 24.8 Å². The number of aryl methyl sites for hydroxylation is 1. The van der Waals surface area contributed by atoms with Crippen molar-refractivity contribution in [3.63, 3.8) is 0 Å². The maximum atomic E-state index is 13.8. The summed E-state index contributed by atoms with van der Waals surface area (Å²) >= 11 is 1.60. The van der Waals surface area contributed by atoms with Gasteiger partial charge in [-0.1, -0.05) is 79.6 Å². The lowest BCUT2D eigenvalue weighted by atomic mass is 10.0. The third-order valence-corrected chi connectivity index (χ3v) is 8.17. The predicted molar refractivity (Wildman–Crippen MR) is 155 cm³/mol. The molecule has 1 aliphatic rings. The Hall–Kier alpha value is -3.25. The topological polar surface area (TPSA) is 58.6 Å². The summed E-state index contributed by atoms with van der Waals surface area (Å²) in [7, 11) is 1.64. The summed E-state index contributed by atoms with van der Waals surface area (Å²) in [4.78, 5) is 29.4. The van der Waals surface area contributed by atoms with Crippen molar-refractivity contribution in [2.45, 2.75) is 63.4 Å². The highest BCUT2D eigenvalue weighted by Crippen LogP contribution is 2.23. The van der Waals surface area contributed by atoms with Crippen LogP contribution < -0.4 is 10.1 Å². The number of nitrogens with zero attached hydrogens (tertiary/aromatic N) is 1. The van der Waals surface area contributed by atoms with Gasteiger partial charge in [0.25, 0.3) is 0 Å². The first-order valence-corrected chi connectivity index (χ1v) is 14.6. The highest BCUT2D eigenvalue weighted by atomic mass is 32.2. The second kappa shape index (κ2) is 14.1. The standard InChI is InChI=1S/C32H38N2O3S/c1-24-11-6-7-15-27(24)22-38-23-31(35)34(21-26-14-10-18-29(19-26)37-2)30(20-25-12-4-3-5-13-25)32(36)33-28-16-8-9-17-28/h3-7,10-15,18-19,28,30H,8-9,16-17,20-23H2,1-2H3,(H,33,36)/t30-/m1/s1. The Morgan fingerprint density at radius 2 is 1.68 bits per heavy atom. The van der Waals surface area contributed by atoms with Gasteiger partial charge in [0.05, 0.1) is 12.9 Å². The number of rotatable bonds is 12. The zero-order chi connectivity index (χ0) is 26.7. The molecule has 0 aliphatic heterocycles. The number of thioether (sulfide) groups is 1. The quantitative estimate of drug-likeness (QED) is 0.315. The third kappa shape index (κ3) is 7.87. The molecule has 0 spiro atoms. The Bertz CT molecular complexity index is 1190. The number of carbonyl (C=O) groups is 2. The van der Waals surface area contributed by atoms with Crippen LogP contribution in [0.3, 0.4) is 0 Å². The minimum atomic E-state index is -0.601. The third-order valence-electron chi connectivity index (χ3n) is 7.20. The van der Waals surface area contributed by atoms with E-state index in [1.54, 1.807) is 23.8 Å². The van der Waals surface area contributed by atoms with Gasteiger partial charge in [-0.25, -0.2) is 0 Å². The number of methoxy groups -OCH3 is 1. The van der Waals surface area contributed by atoms with Crippen LogP contribution in [-0.2, 0) is 28.3 Å². The highest BCUT2D eigenvalue weighted by molar-refractivity contribution is 7.99. The van der Waals surface area contributed by atoms with Crippen molar-refractivity contribution in [1.29, 1.82) is 0 Å². The van der Waals surface area contributed by atoms with E-state index in [2.05, 4.69) is 24.4 Å². The fourth-order valence-corrected chi connectivity index (χ4v) is 5.98. The minimum Gasteiger partial charge on any atom is -0.497 e. The molecule has 3 aromatic rings. The van der Waals surface area contributed by atoms with Crippen molar-refractivity contribution in [3.05, 3.63) is 101 Å². The van der Waals surface area contributed by atoms with Crippen LogP contribution in [-0.4, -0.2) is 41.7 Å². The highest BCUT2D eigenvalue weighted by Gasteiger charge is 2.32. The summed E-state index contributed by atoms with van der Waals surface area (Å²) < 4.78 is 5.43. The molecule has 200 valence electrons. The lowest BCUT2D eigenvalue weighted by Crippen LogP contribution is -2.52. The molecule has 1 aliphatic carbocycles. The first-order chi connectivity index (χ1) is 18.5. The van der Waals surface area contributed by atoms with E-state index in [1.807, 2.05) is 66.7 Å². The van der Waals surface area contributed by atoms with Gasteiger partial charge in [0.15, 0.2) is 0 Å². The van der Waals surface area contributed by atoms with Crippen LogP contribution in [0.2, 0.25) is 0 Å². The average Bonchev–Trinajstić information content (AvgIpc) is 3.45. The molecule has 4 rings (SSSR count). The molecule has 1 saturated carbocycles. The Kier molecular flexibility index (Phi) is 10.3. The smallest absolute Gasteiger partial charge is 0.243 e. The fourth-order valence-electron chi connectivity index (χ4n) is 4.99. The van der Waals surface area contributed by atoms with Crippen LogP contribution in [0, 0.1) is 6.92 Å². The van der Waals surface area contributed by atoms with Gasteiger partial charge in [-0.15, -0.1) is 11.8 Å². The Labute approximate surface area is 231 Å². The van der Waals surface area contributed by atoms with Crippen LogP contribution in [0.15, 0.2) is 78.9 Å². The number of benzene rings is 3. The number of ether oxygens (including phenoxy) is 1. The van der Waals surface area contributed by atoms with Gasteiger partial charge in [0.2, 0.25) is 11.8 Å². The second-order valence-corrected chi connectivity index (χ2v) is 11.0. The maximum absolute atomic E-state index is 13.8. The van der Waals surface area contributed by atoms with Crippen LogP contribution in [0.1, 0.15) is 47.9 Å². The number of nitrogens with one attached hydrogen (secondary N) is 1. The van der Waals surface area contributed by atoms with E-state index in [0.717, 1.165) is 48.3 Å². The van der Waals surface area contributed by atoms with Crippen molar-refractivity contribution in [3.8, 4) is 5.75 Å². The summed E-state index contributed by atoms with van der Waals surface area (Å²) in [6.45, 7) is 2.44. The SMILES string of the molecule is COc1cccc(CN(C(=O)CSCc2ccccc2C)[C@H](Cc2ccccc2)C(=O)NC2CCCC2)c1. The lowest BCUT2D eigenvalue weighted by molar-refractivity contribution is -0.139. The zero-order valence-electron chi connectivity index (χ0n) is 22.4. The summed E-state index contributed by atoms with van der Waals surface area (Å²) in [5.74, 6) is 1.69. The average molecular weight is 531 g/mol. The van der Waals surface area contributed by atoms with E-state index in [0.29, 0.717) is 18.7 Å². The van der Waals surface area contributed by atoms with E-state index in [1.165, 1.54) is 11.1 Å². The van der Waals surface area contributed by atoms with E-state index in [4.69, 9.17) is 4.74 Å². The molecular weight excluding hydrogens is 492 g/mol. The van der Waals surface area contributed by atoms with E-state index >= 15 is 0 Å². The lowest BCUT2D eigenvalue weighted by Gasteiger charge is -2.32.